The third-order valence-electron chi connectivity index (χ3n) is 6.52. The van der Waals surface area contributed by atoms with E-state index in [0.29, 0.717) is 24.0 Å². The van der Waals surface area contributed by atoms with Crippen LogP contribution >= 0.6 is 0 Å². The number of alkyl halides is 2. The molecule has 1 fully saturated rings. The minimum absolute atomic E-state index is 0.0309. The van der Waals surface area contributed by atoms with E-state index in [1.807, 2.05) is 25.1 Å². The maximum Gasteiger partial charge on any atom is 0.586 e. The van der Waals surface area contributed by atoms with E-state index < -0.39 is 17.5 Å². The highest BCUT2D eigenvalue weighted by Crippen LogP contribution is 2.52. The summed E-state index contributed by atoms with van der Waals surface area (Å²) in [6.45, 7) is 3.26. The fraction of sp³-hybridized carbons (Fsp3) is 0.259. The second-order valence-electron chi connectivity index (χ2n) is 8.95. The van der Waals surface area contributed by atoms with Gasteiger partial charge in [-0.25, -0.2) is 4.39 Å². The van der Waals surface area contributed by atoms with Crippen LogP contribution < -0.4 is 9.47 Å². The van der Waals surface area contributed by atoms with Gasteiger partial charge in [0.2, 0.25) is 0 Å². The first-order valence-electron chi connectivity index (χ1n) is 10.9. The Balaban J connectivity index is 1.42. The molecule has 0 aromatic heterocycles. The Morgan fingerprint density at radius 2 is 1.68 bits per heavy atom. The second kappa shape index (κ2) is 7.72. The first-order valence-corrected chi connectivity index (χ1v) is 10.9. The minimum atomic E-state index is -3.71. The minimum Gasteiger partial charge on any atom is -0.395 e. The van der Waals surface area contributed by atoms with Gasteiger partial charge >= 0.3 is 6.29 Å². The summed E-state index contributed by atoms with van der Waals surface area (Å²) in [6, 6.07) is 14.2. The standard InChI is InChI=1S/C27H21F3O4/c1-15-3-4-17(9-22(15)19-11-18(16(2)31)12-21(28)13-19)10-25(32)26(7-8-26)20-5-6-23-24(14-20)34-27(29,30)33-23/h3-6,9,11-14H,7-8,10H2,1-2H3. The van der Waals surface area contributed by atoms with Gasteiger partial charge < -0.3 is 9.47 Å². The molecular weight excluding hydrogens is 445 g/mol. The predicted molar refractivity (Wildman–Crippen MR) is 119 cm³/mol. The highest BCUT2D eigenvalue weighted by atomic mass is 19.3. The first kappa shape index (κ1) is 22.2. The van der Waals surface area contributed by atoms with Gasteiger partial charge in [0.15, 0.2) is 17.3 Å². The molecule has 7 heteroatoms. The Morgan fingerprint density at radius 1 is 0.941 bits per heavy atom. The quantitative estimate of drug-likeness (QED) is 0.408. The molecule has 5 rings (SSSR count). The number of hydrogen-bond donors (Lipinski definition) is 0. The maximum absolute atomic E-state index is 14.1. The van der Waals surface area contributed by atoms with E-state index in [-0.39, 0.29) is 35.0 Å². The number of ketones is 2. The summed E-state index contributed by atoms with van der Waals surface area (Å²) in [5.41, 5.74) is 3.09. The van der Waals surface area contributed by atoms with Crippen LogP contribution in [0.5, 0.6) is 11.5 Å². The van der Waals surface area contributed by atoms with Gasteiger partial charge in [0.05, 0.1) is 5.41 Å². The van der Waals surface area contributed by atoms with E-state index in [1.165, 1.54) is 31.2 Å². The molecular formula is C27H21F3O4. The van der Waals surface area contributed by atoms with Gasteiger partial charge in [0.1, 0.15) is 11.6 Å². The van der Waals surface area contributed by atoms with Gasteiger partial charge in [-0.3, -0.25) is 9.59 Å². The first-order chi connectivity index (χ1) is 16.1. The van der Waals surface area contributed by atoms with Crippen molar-refractivity contribution in [1.82, 2.24) is 0 Å². The topological polar surface area (TPSA) is 52.6 Å². The average molecular weight is 466 g/mol. The molecule has 0 saturated heterocycles. The van der Waals surface area contributed by atoms with E-state index in [4.69, 9.17) is 0 Å². The number of carbonyl (C=O) groups is 2. The van der Waals surface area contributed by atoms with Crippen LogP contribution in [-0.4, -0.2) is 17.9 Å². The zero-order valence-corrected chi connectivity index (χ0v) is 18.6. The molecule has 34 heavy (non-hydrogen) atoms. The number of hydrogen-bond acceptors (Lipinski definition) is 4. The number of ether oxygens (including phenoxy) is 2. The summed E-state index contributed by atoms with van der Waals surface area (Å²) in [6.07, 6.45) is -2.34. The van der Waals surface area contributed by atoms with Crippen LogP contribution in [0, 0.1) is 12.7 Å². The molecule has 0 atom stereocenters. The van der Waals surface area contributed by atoms with Crippen LogP contribution in [0.3, 0.4) is 0 Å². The number of Topliss-reactive ketones (excluding diaryl/α,β-unsaturated/α-hetero) is 2. The third kappa shape index (κ3) is 3.95. The largest absolute Gasteiger partial charge is 0.586 e. The number of benzene rings is 3. The summed E-state index contributed by atoms with van der Waals surface area (Å²) in [4.78, 5) is 25.1. The molecule has 0 spiro atoms. The zero-order valence-electron chi connectivity index (χ0n) is 18.6. The van der Waals surface area contributed by atoms with Crippen LogP contribution in [0.15, 0.2) is 54.6 Å². The van der Waals surface area contributed by atoms with Crippen LogP contribution in [0.2, 0.25) is 0 Å². The van der Waals surface area contributed by atoms with Crippen molar-refractivity contribution in [3.05, 3.63) is 82.7 Å². The molecule has 0 amide bonds. The van der Waals surface area contributed by atoms with Gasteiger partial charge in [0, 0.05) is 12.0 Å². The summed E-state index contributed by atoms with van der Waals surface area (Å²) >= 11 is 0. The molecule has 174 valence electrons. The lowest BCUT2D eigenvalue weighted by molar-refractivity contribution is -0.286. The van der Waals surface area contributed by atoms with Crippen molar-refractivity contribution in [2.75, 3.05) is 0 Å². The van der Waals surface area contributed by atoms with Gasteiger partial charge in [-0.05, 0) is 84.8 Å². The van der Waals surface area contributed by atoms with Crippen molar-refractivity contribution in [2.24, 2.45) is 0 Å². The monoisotopic (exact) mass is 466 g/mol. The molecule has 3 aromatic carbocycles. The Labute approximate surface area is 194 Å². The molecule has 1 aliphatic carbocycles. The number of carbonyl (C=O) groups excluding carboxylic acids is 2. The highest BCUT2D eigenvalue weighted by molar-refractivity contribution is 5.96. The van der Waals surface area contributed by atoms with Crippen molar-refractivity contribution in [3.8, 4) is 22.6 Å². The molecule has 1 saturated carbocycles. The highest BCUT2D eigenvalue weighted by Gasteiger charge is 2.52. The lowest BCUT2D eigenvalue weighted by Gasteiger charge is -2.16. The van der Waals surface area contributed by atoms with Crippen molar-refractivity contribution in [2.45, 2.75) is 44.8 Å². The lowest BCUT2D eigenvalue weighted by atomic mass is 9.86. The summed E-state index contributed by atoms with van der Waals surface area (Å²) in [7, 11) is 0. The van der Waals surface area contributed by atoms with Crippen LogP contribution in [0.25, 0.3) is 11.1 Å². The maximum atomic E-state index is 14.1. The van der Waals surface area contributed by atoms with E-state index in [9.17, 15) is 22.8 Å². The Kier molecular flexibility index (Phi) is 5.04. The number of aryl methyl sites for hydroxylation is 1. The summed E-state index contributed by atoms with van der Waals surface area (Å²) in [5, 5.41) is 0. The molecule has 0 N–H and O–H groups in total. The molecule has 0 unspecified atom stereocenters. The Hall–Kier alpha value is -3.61. The number of halogens is 3. The van der Waals surface area contributed by atoms with Crippen molar-refractivity contribution < 1.29 is 32.2 Å². The van der Waals surface area contributed by atoms with E-state index in [2.05, 4.69) is 9.47 Å². The fourth-order valence-corrected chi connectivity index (χ4v) is 4.49. The summed E-state index contributed by atoms with van der Waals surface area (Å²) in [5.74, 6) is -0.904. The molecule has 4 nitrogen and oxygen atoms in total. The van der Waals surface area contributed by atoms with Crippen LogP contribution in [0.4, 0.5) is 13.2 Å². The average Bonchev–Trinajstić information content (AvgIpc) is 3.51. The normalized spacial score (nSPS) is 16.9. The van der Waals surface area contributed by atoms with Gasteiger partial charge in [-0.1, -0.05) is 24.3 Å². The molecule has 0 radical (unpaired) electrons. The molecule has 0 bridgehead atoms. The van der Waals surface area contributed by atoms with Gasteiger partial charge in [-0.2, -0.15) is 0 Å². The van der Waals surface area contributed by atoms with E-state index in [1.54, 1.807) is 12.1 Å². The fourth-order valence-electron chi connectivity index (χ4n) is 4.49. The molecule has 1 heterocycles. The lowest BCUT2D eigenvalue weighted by Crippen LogP contribution is -2.26. The SMILES string of the molecule is CC(=O)c1cc(F)cc(-c2cc(CC(=O)C3(c4ccc5c(c4)OC(F)(F)O5)CC3)ccc2C)c1. The van der Waals surface area contributed by atoms with Gasteiger partial charge in [0.25, 0.3) is 0 Å². The van der Waals surface area contributed by atoms with E-state index >= 15 is 0 Å². The Bertz CT molecular complexity index is 1340. The van der Waals surface area contributed by atoms with Crippen molar-refractivity contribution in [3.63, 3.8) is 0 Å². The predicted octanol–water partition coefficient (Wildman–Crippen LogP) is 6.17. The van der Waals surface area contributed by atoms with Crippen LogP contribution in [0.1, 0.15) is 46.8 Å². The van der Waals surface area contributed by atoms with Crippen LogP contribution in [-0.2, 0) is 16.6 Å². The van der Waals surface area contributed by atoms with Crippen molar-refractivity contribution in [1.29, 1.82) is 0 Å². The number of rotatable bonds is 6. The van der Waals surface area contributed by atoms with Crippen molar-refractivity contribution >= 4 is 11.6 Å². The van der Waals surface area contributed by atoms with Gasteiger partial charge in [-0.15, -0.1) is 8.78 Å². The number of fused-ring (bicyclic) bond motifs is 1. The Morgan fingerprint density at radius 3 is 2.38 bits per heavy atom. The molecule has 2 aliphatic rings. The van der Waals surface area contributed by atoms with E-state index in [0.717, 1.165) is 16.7 Å². The second-order valence-corrected chi connectivity index (χ2v) is 8.95. The smallest absolute Gasteiger partial charge is 0.395 e. The zero-order chi connectivity index (χ0) is 24.3. The third-order valence-corrected chi connectivity index (χ3v) is 6.52. The molecule has 3 aromatic rings. The molecule has 1 aliphatic heterocycles. The summed E-state index contributed by atoms with van der Waals surface area (Å²) < 4.78 is 49.9.